The van der Waals surface area contributed by atoms with E-state index in [4.69, 9.17) is 23.2 Å². The third-order valence-corrected chi connectivity index (χ3v) is 4.67. The number of aromatic nitrogens is 3. The van der Waals surface area contributed by atoms with Crippen molar-refractivity contribution in [1.29, 1.82) is 0 Å². The Morgan fingerprint density at radius 3 is 2.57 bits per heavy atom. The zero-order chi connectivity index (χ0) is 19.5. The summed E-state index contributed by atoms with van der Waals surface area (Å²) in [6.07, 6.45) is 3.24. The number of aromatic amines is 1. The summed E-state index contributed by atoms with van der Waals surface area (Å²) in [5.41, 5.74) is 3.61. The largest absolute Gasteiger partial charge is 0.338 e. The fourth-order valence-corrected chi connectivity index (χ4v) is 3.13. The molecule has 7 heteroatoms. The van der Waals surface area contributed by atoms with Gasteiger partial charge in [0.05, 0.1) is 16.9 Å². The van der Waals surface area contributed by atoms with Gasteiger partial charge in [-0.25, -0.2) is 9.97 Å². The standard InChI is InChI=1S/C21H14Cl2N4O/c22-17-7-6-15(26-21(28)14-8-9-24-19(23)10-14)11-16(17)20-25-12-18(27-20)13-4-2-1-3-5-13/h1-12H,(H,25,27)(H,26,28). The molecule has 0 radical (unpaired) electrons. The Hall–Kier alpha value is -3.15. The number of imidazole rings is 1. The van der Waals surface area contributed by atoms with Crippen LogP contribution in [0.3, 0.4) is 0 Å². The van der Waals surface area contributed by atoms with E-state index >= 15 is 0 Å². The number of carbonyl (C=O) groups is 1. The fourth-order valence-electron chi connectivity index (χ4n) is 2.75. The van der Waals surface area contributed by atoms with Gasteiger partial charge in [0, 0.05) is 23.0 Å². The highest BCUT2D eigenvalue weighted by Crippen LogP contribution is 2.30. The minimum atomic E-state index is -0.290. The van der Waals surface area contributed by atoms with Crippen molar-refractivity contribution < 1.29 is 4.79 Å². The van der Waals surface area contributed by atoms with Crippen LogP contribution >= 0.6 is 23.2 Å². The number of hydrogen-bond donors (Lipinski definition) is 2. The van der Waals surface area contributed by atoms with Gasteiger partial charge in [-0.15, -0.1) is 0 Å². The summed E-state index contributed by atoms with van der Waals surface area (Å²) in [6.45, 7) is 0. The van der Waals surface area contributed by atoms with E-state index in [9.17, 15) is 4.79 Å². The third-order valence-electron chi connectivity index (χ3n) is 4.13. The van der Waals surface area contributed by atoms with Crippen LogP contribution in [-0.4, -0.2) is 20.9 Å². The lowest BCUT2D eigenvalue weighted by Gasteiger charge is -2.08. The van der Waals surface area contributed by atoms with Crippen LogP contribution in [0.4, 0.5) is 5.69 Å². The quantitative estimate of drug-likeness (QED) is 0.425. The lowest BCUT2D eigenvalue weighted by molar-refractivity contribution is 0.102. The van der Waals surface area contributed by atoms with E-state index in [1.54, 1.807) is 30.5 Å². The van der Waals surface area contributed by atoms with E-state index in [2.05, 4.69) is 20.3 Å². The number of nitrogens with zero attached hydrogens (tertiary/aromatic N) is 2. The number of carbonyl (C=O) groups excluding carboxylic acids is 1. The maximum atomic E-state index is 12.4. The summed E-state index contributed by atoms with van der Waals surface area (Å²) >= 11 is 12.2. The van der Waals surface area contributed by atoms with Gasteiger partial charge in [-0.3, -0.25) is 4.79 Å². The molecule has 0 saturated heterocycles. The van der Waals surface area contributed by atoms with Crippen molar-refractivity contribution in [3.8, 4) is 22.6 Å². The molecule has 2 aromatic heterocycles. The molecule has 2 heterocycles. The van der Waals surface area contributed by atoms with Crippen molar-refractivity contribution in [2.45, 2.75) is 0 Å². The molecule has 0 atom stereocenters. The summed E-state index contributed by atoms with van der Waals surface area (Å²) in [5.74, 6) is 0.328. The Balaban J connectivity index is 1.61. The van der Waals surface area contributed by atoms with Gasteiger partial charge < -0.3 is 10.3 Å². The number of nitrogens with one attached hydrogen (secondary N) is 2. The topological polar surface area (TPSA) is 70.7 Å². The smallest absolute Gasteiger partial charge is 0.255 e. The number of pyridine rings is 1. The SMILES string of the molecule is O=C(Nc1ccc(Cl)c(-c2ncc(-c3ccccc3)[nH]2)c1)c1ccnc(Cl)c1. The first kappa shape index (κ1) is 18.2. The number of anilines is 1. The molecule has 2 aromatic carbocycles. The molecule has 138 valence electrons. The van der Waals surface area contributed by atoms with Gasteiger partial charge in [0.25, 0.3) is 5.91 Å². The van der Waals surface area contributed by atoms with Crippen LogP contribution in [0.5, 0.6) is 0 Å². The van der Waals surface area contributed by atoms with Crippen LogP contribution in [-0.2, 0) is 0 Å². The zero-order valence-electron chi connectivity index (χ0n) is 14.5. The van der Waals surface area contributed by atoms with Crippen molar-refractivity contribution in [3.63, 3.8) is 0 Å². The molecular formula is C21H14Cl2N4O. The summed E-state index contributed by atoms with van der Waals surface area (Å²) < 4.78 is 0. The Labute approximate surface area is 171 Å². The molecule has 5 nitrogen and oxygen atoms in total. The Bertz CT molecular complexity index is 1140. The summed E-state index contributed by atoms with van der Waals surface area (Å²) in [5, 5.41) is 3.62. The number of benzene rings is 2. The van der Waals surface area contributed by atoms with Crippen LogP contribution in [0, 0.1) is 0 Å². The molecule has 2 N–H and O–H groups in total. The van der Waals surface area contributed by atoms with Gasteiger partial charge in [-0.1, -0.05) is 53.5 Å². The lowest BCUT2D eigenvalue weighted by Crippen LogP contribution is -2.12. The molecule has 28 heavy (non-hydrogen) atoms. The minimum absolute atomic E-state index is 0.258. The van der Waals surface area contributed by atoms with E-state index in [-0.39, 0.29) is 11.1 Å². The average molecular weight is 409 g/mol. The molecule has 0 fully saturated rings. The maximum Gasteiger partial charge on any atom is 0.255 e. The molecular weight excluding hydrogens is 395 g/mol. The van der Waals surface area contributed by atoms with Crippen LogP contribution in [0.1, 0.15) is 10.4 Å². The van der Waals surface area contributed by atoms with Crippen molar-refractivity contribution in [1.82, 2.24) is 15.0 Å². The van der Waals surface area contributed by atoms with Crippen LogP contribution in [0.25, 0.3) is 22.6 Å². The highest BCUT2D eigenvalue weighted by atomic mass is 35.5. The zero-order valence-corrected chi connectivity index (χ0v) is 16.0. The predicted molar refractivity (Wildman–Crippen MR) is 112 cm³/mol. The molecule has 4 aromatic rings. The fraction of sp³-hybridized carbons (Fsp3) is 0. The van der Waals surface area contributed by atoms with Crippen molar-refractivity contribution in [2.75, 3.05) is 5.32 Å². The van der Waals surface area contributed by atoms with Gasteiger partial charge in [0.15, 0.2) is 0 Å². The Morgan fingerprint density at radius 1 is 0.964 bits per heavy atom. The molecule has 0 unspecified atom stereocenters. The Morgan fingerprint density at radius 2 is 1.79 bits per heavy atom. The molecule has 0 aliphatic carbocycles. The monoisotopic (exact) mass is 408 g/mol. The molecule has 0 bridgehead atoms. The highest BCUT2D eigenvalue weighted by molar-refractivity contribution is 6.33. The van der Waals surface area contributed by atoms with E-state index in [0.29, 0.717) is 27.7 Å². The molecule has 0 spiro atoms. The number of amides is 1. The predicted octanol–water partition coefficient (Wildman–Crippen LogP) is 5.70. The van der Waals surface area contributed by atoms with Crippen molar-refractivity contribution in [3.05, 3.63) is 88.8 Å². The van der Waals surface area contributed by atoms with Crippen LogP contribution in [0.2, 0.25) is 10.2 Å². The number of halogens is 2. The second kappa shape index (κ2) is 7.84. The first-order valence-corrected chi connectivity index (χ1v) is 9.19. The number of H-pyrrole nitrogens is 1. The first-order valence-electron chi connectivity index (χ1n) is 8.43. The summed E-state index contributed by atoms with van der Waals surface area (Å²) in [7, 11) is 0. The summed E-state index contributed by atoms with van der Waals surface area (Å²) in [6, 6.07) is 18.2. The van der Waals surface area contributed by atoms with Crippen molar-refractivity contribution >= 4 is 34.8 Å². The number of rotatable bonds is 4. The average Bonchev–Trinajstić information content (AvgIpc) is 3.20. The molecule has 0 aliphatic heterocycles. The van der Waals surface area contributed by atoms with Crippen LogP contribution in [0.15, 0.2) is 73.1 Å². The van der Waals surface area contributed by atoms with Gasteiger partial charge in [0.2, 0.25) is 0 Å². The molecule has 0 aliphatic rings. The second-order valence-electron chi connectivity index (χ2n) is 6.03. The molecule has 4 rings (SSSR count). The minimum Gasteiger partial charge on any atom is -0.338 e. The third kappa shape index (κ3) is 3.91. The van der Waals surface area contributed by atoms with Gasteiger partial charge >= 0.3 is 0 Å². The maximum absolute atomic E-state index is 12.4. The first-order chi connectivity index (χ1) is 13.6. The van der Waals surface area contributed by atoms with E-state index in [0.717, 1.165) is 11.3 Å². The van der Waals surface area contributed by atoms with Crippen LogP contribution < -0.4 is 5.32 Å². The Kier molecular flexibility index (Phi) is 5.10. The normalized spacial score (nSPS) is 10.6. The highest BCUT2D eigenvalue weighted by Gasteiger charge is 2.12. The van der Waals surface area contributed by atoms with Gasteiger partial charge in [-0.05, 0) is 35.9 Å². The van der Waals surface area contributed by atoms with Gasteiger partial charge in [-0.2, -0.15) is 0 Å². The summed E-state index contributed by atoms with van der Waals surface area (Å²) in [4.78, 5) is 24.0. The molecule has 0 saturated carbocycles. The number of hydrogen-bond acceptors (Lipinski definition) is 3. The van der Waals surface area contributed by atoms with E-state index in [1.165, 1.54) is 12.3 Å². The van der Waals surface area contributed by atoms with Gasteiger partial charge in [0.1, 0.15) is 11.0 Å². The van der Waals surface area contributed by atoms with Crippen molar-refractivity contribution in [2.24, 2.45) is 0 Å². The van der Waals surface area contributed by atoms with E-state index < -0.39 is 0 Å². The van der Waals surface area contributed by atoms with E-state index in [1.807, 2.05) is 30.3 Å². The second-order valence-corrected chi connectivity index (χ2v) is 6.82. The lowest BCUT2D eigenvalue weighted by atomic mass is 10.1. The molecule has 1 amide bonds.